The second-order valence-corrected chi connectivity index (χ2v) is 8.37. The third kappa shape index (κ3) is 3.87. The first-order valence-corrected chi connectivity index (χ1v) is 11.3. The number of hydrazone groups is 1. The molecule has 0 fully saturated rings. The summed E-state index contributed by atoms with van der Waals surface area (Å²) < 4.78 is 11.1. The van der Waals surface area contributed by atoms with E-state index in [0.717, 1.165) is 33.2 Å². The van der Waals surface area contributed by atoms with Gasteiger partial charge in [-0.2, -0.15) is 5.10 Å². The average molecular weight is 463 g/mol. The number of nitrogens with zero attached hydrogens (tertiary/aromatic N) is 2. The zero-order valence-corrected chi connectivity index (χ0v) is 18.7. The number of nitrogens with one attached hydrogen (secondary N) is 1. The minimum atomic E-state index is -0.320. The van der Waals surface area contributed by atoms with Gasteiger partial charge in [-0.25, -0.2) is 5.43 Å². The van der Waals surface area contributed by atoms with Crippen LogP contribution in [-0.4, -0.2) is 31.2 Å². The molecule has 0 aromatic heterocycles. The van der Waals surface area contributed by atoms with Crippen molar-refractivity contribution in [1.29, 1.82) is 0 Å². The summed E-state index contributed by atoms with van der Waals surface area (Å²) in [5.41, 5.74) is 6.38. The van der Waals surface area contributed by atoms with Crippen molar-refractivity contribution in [2.24, 2.45) is 5.10 Å². The van der Waals surface area contributed by atoms with Gasteiger partial charge in [0, 0.05) is 16.5 Å². The second kappa shape index (κ2) is 8.61. The molecule has 7 nitrogen and oxygen atoms in total. The predicted octanol–water partition coefficient (Wildman–Crippen LogP) is 4.54. The molecule has 2 aliphatic heterocycles. The maximum Gasteiger partial charge on any atom is 0.271 e. The van der Waals surface area contributed by atoms with Gasteiger partial charge in [0.05, 0.1) is 18.4 Å². The van der Waals surface area contributed by atoms with Crippen molar-refractivity contribution in [3.63, 3.8) is 0 Å². The Bertz CT molecular complexity index is 1490. The van der Waals surface area contributed by atoms with Gasteiger partial charge < -0.3 is 14.4 Å². The van der Waals surface area contributed by atoms with Gasteiger partial charge in [0.15, 0.2) is 11.5 Å². The van der Waals surface area contributed by atoms with Crippen molar-refractivity contribution >= 4 is 34.5 Å². The van der Waals surface area contributed by atoms with Crippen LogP contribution in [0.15, 0.2) is 84.0 Å². The van der Waals surface area contributed by atoms with Crippen LogP contribution in [0.4, 0.5) is 5.69 Å². The normalized spacial score (nSPS) is 14.1. The number of rotatable bonds is 5. The Balaban J connectivity index is 1.12. The lowest BCUT2D eigenvalue weighted by molar-refractivity contribution is 0.0953. The number of benzene rings is 4. The van der Waals surface area contributed by atoms with E-state index in [1.54, 1.807) is 23.2 Å². The summed E-state index contributed by atoms with van der Waals surface area (Å²) in [5, 5.41) is 6.10. The Kier molecular flexibility index (Phi) is 5.15. The Morgan fingerprint density at radius 2 is 1.71 bits per heavy atom. The van der Waals surface area contributed by atoms with E-state index < -0.39 is 0 Å². The highest BCUT2D eigenvalue weighted by Crippen LogP contribution is 2.38. The first-order chi connectivity index (χ1) is 17.2. The van der Waals surface area contributed by atoms with Crippen LogP contribution in [0.2, 0.25) is 0 Å². The molecule has 1 N–H and O–H groups in total. The second-order valence-electron chi connectivity index (χ2n) is 8.37. The molecule has 0 saturated carbocycles. The van der Waals surface area contributed by atoms with Crippen LogP contribution in [0, 0.1) is 0 Å². The molecule has 172 valence electrons. The Morgan fingerprint density at radius 1 is 0.943 bits per heavy atom. The smallest absolute Gasteiger partial charge is 0.271 e. The highest BCUT2D eigenvalue weighted by Gasteiger charge is 2.29. The topological polar surface area (TPSA) is 80.2 Å². The highest BCUT2D eigenvalue weighted by molar-refractivity contribution is 6.24. The molecular formula is C28H21N3O4. The molecule has 2 heterocycles. The van der Waals surface area contributed by atoms with Gasteiger partial charge in [-0.1, -0.05) is 36.4 Å². The maximum absolute atomic E-state index is 13.0. The van der Waals surface area contributed by atoms with E-state index in [1.807, 2.05) is 66.7 Å². The lowest BCUT2D eigenvalue weighted by Gasteiger charge is -2.18. The summed E-state index contributed by atoms with van der Waals surface area (Å²) in [4.78, 5) is 27.3. The first kappa shape index (κ1) is 20.9. The van der Waals surface area contributed by atoms with Crippen LogP contribution in [0.3, 0.4) is 0 Å². The fourth-order valence-electron chi connectivity index (χ4n) is 4.45. The fourth-order valence-corrected chi connectivity index (χ4v) is 4.45. The van der Waals surface area contributed by atoms with Crippen molar-refractivity contribution in [2.45, 2.75) is 6.54 Å². The van der Waals surface area contributed by atoms with Crippen molar-refractivity contribution < 1.29 is 19.1 Å². The molecule has 2 amide bonds. The number of ether oxygens (including phenoxy) is 2. The first-order valence-electron chi connectivity index (χ1n) is 11.3. The minimum absolute atomic E-state index is 0.00732. The summed E-state index contributed by atoms with van der Waals surface area (Å²) in [7, 11) is 0. The SMILES string of the molecule is O=C(N/N=C/c1ccc2c(c1)OCCO2)c1ccc(CN2C(=O)c3cccc4cccc2c34)cc1. The van der Waals surface area contributed by atoms with E-state index in [2.05, 4.69) is 10.5 Å². The van der Waals surface area contributed by atoms with E-state index in [1.165, 1.54) is 0 Å². The summed E-state index contributed by atoms with van der Waals surface area (Å²) in [6.45, 7) is 1.47. The molecule has 0 bridgehead atoms. The van der Waals surface area contributed by atoms with Gasteiger partial charge in [-0.05, 0) is 59.0 Å². The Morgan fingerprint density at radius 3 is 2.54 bits per heavy atom. The molecule has 0 radical (unpaired) electrons. The van der Waals surface area contributed by atoms with Crippen LogP contribution < -0.4 is 19.8 Å². The summed E-state index contributed by atoms with van der Waals surface area (Å²) in [5.74, 6) is 1.04. The predicted molar refractivity (Wildman–Crippen MR) is 133 cm³/mol. The van der Waals surface area contributed by atoms with Crippen LogP contribution in [0.25, 0.3) is 10.8 Å². The molecule has 0 saturated heterocycles. The zero-order valence-electron chi connectivity index (χ0n) is 18.7. The van der Waals surface area contributed by atoms with Gasteiger partial charge in [-0.15, -0.1) is 0 Å². The van der Waals surface area contributed by atoms with Gasteiger partial charge >= 0.3 is 0 Å². The largest absolute Gasteiger partial charge is 0.486 e. The number of amides is 2. The molecule has 4 aromatic rings. The maximum atomic E-state index is 13.0. The van der Waals surface area contributed by atoms with Gasteiger partial charge in [0.2, 0.25) is 0 Å². The van der Waals surface area contributed by atoms with Crippen molar-refractivity contribution in [3.05, 3.63) is 101 Å². The van der Waals surface area contributed by atoms with E-state index >= 15 is 0 Å². The third-order valence-electron chi connectivity index (χ3n) is 6.15. The van der Waals surface area contributed by atoms with Crippen LogP contribution in [-0.2, 0) is 6.54 Å². The molecule has 0 aliphatic carbocycles. The van der Waals surface area contributed by atoms with E-state index in [-0.39, 0.29) is 11.8 Å². The van der Waals surface area contributed by atoms with Crippen molar-refractivity contribution in [2.75, 3.05) is 18.1 Å². The highest BCUT2D eigenvalue weighted by atomic mass is 16.6. The lowest BCUT2D eigenvalue weighted by atomic mass is 10.1. The number of carbonyl (C=O) groups excluding carboxylic acids is 2. The molecule has 4 aromatic carbocycles. The zero-order chi connectivity index (χ0) is 23.8. The molecule has 7 heteroatoms. The monoisotopic (exact) mass is 463 g/mol. The molecule has 0 spiro atoms. The summed E-state index contributed by atoms with van der Waals surface area (Å²) in [6, 6.07) is 24.4. The number of fused-ring (bicyclic) bond motifs is 1. The molecule has 6 rings (SSSR count). The number of carbonyl (C=O) groups is 2. The quantitative estimate of drug-likeness (QED) is 0.348. The summed E-state index contributed by atoms with van der Waals surface area (Å²) >= 11 is 0. The molecule has 0 atom stereocenters. The van der Waals surface area contributed by atoms with Gasteiger partial charge in [-0.3, -0.25) is 9.59 Å². The van der Waals surface area contributed by atoms with Crippen molar-refractivity contribution in [1.82, 2.24) is 5.43 Å². The van der Waals surface area contributed by atoms with E-state index in [9.17, 15) is 9.59 Å². The standard InChI is InChI=1S/C28H21N3O4/c32-27(30-29-16-19-9-12-24-25(15-19)35-14-13-34-24)21-10-7-18(8-11-21)17-31-23-6-2-4-20-3-1-5-22(26(20)23)28(31)33/h1-12,15-16H,13-14,17H2,(H,30,32)/b29-16+. The van der Waals surface area contributed by atoms with E-state index in [4.69, 9.17) is 9.47 Å². The van der Waals surface area contributed by atoms with Crippen LogP contribution >= 0.6 is 0 Å². The molecule has 2 aliphatic rings. The van der Waals surface area contributed by atoms with E-state index in [0.29, 0.717) is 36.8 Å². The summed E-state index contributed by atoms with van der Waals surface area (Å²) in [6.07, 6.45) is 1.56. The number of hydrogen-bond donors (Lipinski definition) is 1. The fraction of sp³-hybridized carbons (Fsp3) is 0.107. The average Bonchev–Trinajstić information content (AvgIpc) is 3.17. The molecular weight excluding hydrogens is 442 g/mol. The Labute approximate surface area is 201 Å². The van der Waals surface area contributed by atoms with Crippen molar-refractivity contribution in [3.8, 4) is 11.5 Å². The number of hydrogen-bond acceptors (Lipinski definition) is 5. The lowest BCUT2D eigenvalue weighted by Crippen LogP contribution is -2.26. The molecule has 35 heavy (non-hydrogen) atoms. The van der Waals surface area contributed by atoms with Crippen LogP contribution in [0.5, 0.6) is 11.5 Å². The Hall–Kier alpha value is -4.65. The number of anilines is 1. The minimum Gasteiger partial charge on any atom is -0.486 e. The third-order valence-corrected chi connectivity index (χ3v) is 6.15. The van der Waals surface area contributed by atoms with Crippen LogP contribution in [0.1, 0.15) is 31.8 Å². The molecule has 0 unspecified atom stereocenters. The van der Waals surface area contributed by atoms with Gasteiger partial charge in [0.25, 0.3) is 11.8 Å². The van der Waals surface area contributed by atoms with Gasteiger partial charge in [0.1, 0.15) is 13.2 Å².